The van der Waals surface area contributed by atoms with Gasteiger partial charge in [0.1, 0.15) is 5.75 Å². The summed E-state index contributed by atoms with van der Waals surface area (Å²) in [5, 5.41) is 4.65. The van der Waals surface area contributed by atoms with Crippen LogP contribution in [0.25, 0.3) is 0 Å². The summed E-state index contributed by atoms with van der Waals surface area (Å²) in [6, 6.07) is 7.16. The van der Waals surface area contributed by atoms with E-state index in [0.717, 1.165) is 21.2 Å². The third kappa shape index (κ3) is 5.87. The van der Waals surface area contributed by atoms with Gasteiger partial charge in [0.05, 0.1) is 24.4 Å². The maximum atomic E-state index is 11.9. The fraction of sp³-hybridized carbons (Fsp3) is 0.300. The lowest BCUT2D eigenvalue weighted by molar-refractivity contribution is -0.123. The summed E-state index contributed by atoms with van der Waals surface area (Å²) in [6.45, 7) is 6.02. The van der Waals surface area contributed by atoms with E-state index < -0.39 is 0 Å². The van der Waals surface area contributed by atoms with Crippen LogP contribution in [0, 0.1) is 13.8 Å². The molecule has 1 N–H and O–H groups in total. The number of ether oxygens (including phenoxy) is 3. The highest BCUT2D eigenvalue weighted by Crippen LogP contribution is 2.36. The molecule has 2 aromatic carbocycles. The maximum Gasteiger partial charge on any atom is 0.277 e. The number of halogens is 2. The minimum absolute atomic E-state index is 0.159. The molecule has 0 aliphatic carbocycles. The number of hydrazone groups is 1. The zero-order valence-corrected chi connectivity index (χ0v) is 18.5. The Morgan fingerprint density at radius 1 is 1.21 bits per heavy atom. The summed E-state index contributed by atoms with van der Waals surface area (Å²) in [5.74, 6) is 1.39. The fourth-order valence-corrected chi connectivity index (χ4v) is 3.13. The van der Waals surface area contributed by atoms with Crippen LogP contribution in [0.4, 0.5) is 0 Å². The number of carbonyl (C=O) groups excluding carboxylic acids is 1. The van der Waals surface area contributed by atoms with E-state index in [1.165, 1.54) is 6.21 Å². The summed E-state index contributed by atoms with van der Waals surface area (Å²) >= 11 is 9.57. The van der Waals surface area contributed by atoms with Gasteiger partial charge in [0.25, 0.3) is 5.91 Å². The van der Waals surface area contributed by atoms with Gasteiger partial charge in [-0.2, -0.15) is 5.10 Å². The highest BCUT2D eigenvalue weighted by Gasteiger charge is 2.11. The lowest BCUT2D eigenvalue weighted by Gasteiger charge is -2.12. The third-order valence-corrected chi connectivity index (χ3v) is 4.91. The van der Waals surface area contributed by atoms with Crippen molar-refractivity contribution in [2.24, 2.45) is 5.10 Å². The van der Waals surface area contributed by atoms with Gasteiger partial charge in [-0.15, -0.1) is 0 Å². The Morgan fingerprint density at radius 3 is 2.50 bits per heavy atom. The molecule has 0 saturated carbocycles. The van der Waals surface area contributed by atoms with Crippen molar-refractivity contribution in [1.29, 1.82) is 0 Å². The number of rotatable bonds is 8. The Balaban J connectivity index is 1.95. The van der Waals surface area contributed by atoms with Crippen LogP contribution in [0.3, 0.4) is 0 Å². The Morgan fingerprint density at radius 2 is 1.89 bits per heavy atom. The Labute approximate surface area is 177 Å². The first-order valence-corrected chi connectivity index (χ1v) is 9.74. The summed E-state index contributed by atoms with van der Waals surface area (Å²) in [5.41, 5.74) is 4.95. The van der Waals surface area contributed by atoms with E-state index in [4.69, 9.17) is 25.8 Å². The topological polar surface area (TPSA) is 69.2 Å². The first-order valence-electron chi connectivity index (χ1n) is 8.57. The van der Waals surface area contributed by atoms with Gasteiger partial charge in [0.15, 0.2) is 18.1 Å². The van der Waals surface area contributed by atoms with Crippen molar-refractivity contribution < 1.29 is 19.0 Å². The predicted molar refractivity (Wildman–Crippen MR) is 114 cm³/mol. The summed E-state index contributed by atoms with van der Waals surface area (Å²) in [6.07, 6.45) is 1.51. The van der Waals surface area contributed by atoms with Crippen molar-refractivity contribution in [1.82, 2.24) is 5.43 Å². The molecule has 2 rings (SSSR count). The molecule has 0 aliphatic rings. The molecule has 28 heavy (non-hydrogen) atoms. The number of methoxy groups -OCH3 is 1. The van der Waals surface area contributed by atoms with Crippen LogP contribution in [0.2, 0.25) is 5.02 Å². The molecule has 8 heteroatoms. The number of benzene rings is 2. The Bertz CT molecular complexity index is 864. The molecular weight excluding hydrogens is 448 g/mol. The van der Waals surface area contributed by atoms with Gasteiger partial charge in [0.2, 0.25) is 0 Å². The van der Waals surface area contributed by atoms with Crippen LogP contribution in [-0.4, -0.2) is 32.4 Å². The second-order valence-corrected chi connectivity index (χ2v) is 7.15. The largest absolute Gasteiger partial charge is 0.493 e. The molecule has 0 unspecified atom stereocenters. The molecule has 0 aliphatic heterocycles. The first-order chi connectivity index (χ1) is 13.3. The average Bonchev–Trinajstić information content (AvgIpc) is 2.66. The van der Waals surface area contributed by atoms with Gasteiger partial charge in [-0.05, 0) is 77.7 Å². The van der Waals surface area contributed by atoms with Crippen LogP contribution < -0.4 is 19.6 Å². The SMILES string of the molecule is CCOc1c(Br)cc(/C=N/NC(=O)COc2cc(C)c(Cl)c(C)c2)cc1OC. The van der Waals surface area contributed by atoms with E-state index in [-0.39, 0.29) is 12.5 Å². The monoisotopic (exact) mass is 468 g/mol. The number of hydrogen-bond acceptors (Lipinski definition) is 5. The van der Waals surface area contributed by atoms with Gasteiger partial charge in [-0.3, -0.25) is 4.79 Å². The molecule has 0 heterocycles. The minimum atomic E-state index is -0.376. The number of amides is 1. The smallest absolute Gasteiger partial charge is 0.277 e. The number of aryl methyl sites for hydroxylation is 2. The molecule has 1 amide bonds. The van der Waals surface area contributed by atoms with Crippen LogP contribution in [-0.2, 0) is 4.79 Å². The van der Waals surface area contributed by atoms with E-state index in [1.807, 2.05) is 26.8 Å². The highest BCUT2D eigenvalue weighted by atomic mass is 79.9. The van der Waals surface area contributed by atoms with Gasteiger partial charge in [-0.1, -0.05) is 11.6 Å². The molecule has 0 fully saturated rings. The van der Waals surface area contributed by atoms with Crippen molar-refractivity contribution >= 4 is 39.7 Å². The molecule has 0 aromatic heterocycles. The Hall–Kier alpha value is -2.25. The van der Waals surface area contributed by atoms with Gasteiger partial charge >= 0.3 is 0 Å². The molecule has 0 radical (unpaired) electrons. The molecular formula is C20H22BrClN2O4. The van der Waals surface area contributed by atoms with Crippen molar-refractivity contribution in [2.75, 3.05) is 20.3 Å². The van der Waals surface area contributed by atoms with Crippen LogP contribution in [0.15, 0.2) is 33.8 Å². The van der Waals surface area contributed by atoms with Crippen molar-refractivity contribution in [3.8, 4) is 17.2 Å². The Kier molecular flexibility index (Phi) is 8.14. The molecule has 6 nitrogen and oxygen atoms in total. The number of hydrogen-bond donors (Lipinski definition) is 1. The van der Waals surface area contributed by atoms with E-state index in [9.17, 15) is 4.79 Å². The first kappa shape index (κ1) is 22.0. The summed E-state index contributed by atoms with van der Waals surface area (Å²) in [7, 11) is 1.56. The number of carbonyl (C=O) groups is 1. The van der Waals surface area contributed by atoms with Crippen LogP contribution in [0.5, 0.6) is 17.2 Å². The lowest BCUT2D eigenvalue weighted by atomic mass is 10.1. The predicted octanol–water partition coefficient (Wildman–Crippen LogP) is 4.66. The van der Waals surface area contributed by atoms with Crippen LogP contribution in [0.1, 0.15) is 23.6 Å². The van der Waals surface area contributed by atoms with Gasteiger partial charge < -0.3 is 14.2 Å². The van der Waals surface area contributed by atoms with E-state index in [1.54, 1.807) is 25.3 Å². The summed E-state index contributed by atoms with van der Waals surface area (Å²) in [4.78, 5) is 11.9. The zero-order valence-electron chi connectivity index (χ0n) is 16.1. The third-order valence-electron chi connectivity index (χ3n) is 3.72. The lowest BCUT2D eigenvalue weighted by Crippen LogP contribution is -2.24. The number of nitrogens with zero attached hydrogens (tertiary/aromatic N) is 1. The minimum Gasteiger partial charge on any atom is -0.493 e. The van der Waals surface area contributed by atoms with Gasteiger partial charge in [0, 0.05) is 5.02 Å². The van der Waals surface area contributed by atoms with Crippen molar-refractivity contribution in [3.05, 3.63) is 50.5 Å². The van der Waals surface area contributed by atoms with Gasteiger partial charge in [-0.25, -0.2) is 5.43 Å². The number of nitrogens with one attached hydrogen (secondary N) is 1. The van der Waals surface area contributed by atoms with Crippen molar-refractivity contribution in [2.45, 2.75) is 20.8 Å². The van der Waals surface area contributed by atoms with E-state index in [2.05, 4.69) is 26.5 Å². The van der Waals surface area contributed by atoms with Crippen LogP contribution >= 0.6 is 27.5 Å². The normalized spacial score (nSPS) is 10.8. The molecule has 2 aromatic rings. The standard InChI is InChI=1S/C20H22BrClN2O4/c1-5-27-20-16(21)8-14(9-17(20)26-4)10-23-24-18(25)11-28-15-6-12(2)19(22)13(3)7-15/h6-10H,5,11H2,1-4H3,(H,24,25)/b23-10+. The second-order valence-electron chi connectivity index (χ2n) is 5.92. The molecule has 0 spiro atoms. The summed E-state index contributed by atoms with van der Waals surface area (Å²) < 4.78 is 17.1. The van der Waals surface area contributed by atoms with E-state index in [0.29, 0.717) is 28.9 Å². The molecule has 0 bridgehead atoms. The van der Waals surface area contributed by atoms with Crippen molar-refractivity contribution in [3.63, 3.8) is 0 Å². The second kappa shape index (κ2) is 10.3. The molecule has 0 saturated heterocycles. The maximum absolute atomic E-state index is 11.9. The fourth-order valence-electron chi connectivity index (χ4n) is 2.45. The highest BCUT2D eigenvalue weighted by molar-refractivity contribution is 9.10. The zero-order chi connectivity index (χ0) is 20.7. The molecule has 150 valence electrons. The quantitative estimate of drug-likeness (QED) is 0.451. The van der Waals surface area contributed by atoms with E-state index >= 15 is 0 Å². The average molecular weight is 470 g/mol. The molecule has 0 atom stereocenters.